The normalized spacial score (nSPS) is 10.3. The summed E-state index contributed by atoms with van der Waals surface area (Å²) in [4.78, 5) is 23.1. The van der Waals surface area contributed by atoms with E-state index in [-0.39, 0.29) is 5.69 Å². The van der Waals surface area contributed by atoms with E-state index in [1.807, 2.05) is 17.0 Å². The van der Waals surface area contributed by atoms with Gasteiger partial charge < -0.3 is 14.6 Å². The third-order valence-electron chi connectivity index (χ3n) is 3.96. The molecule has 0 atom stereocenters. The molecule has 0 saturated carbocycles. The van der Waals surface area contributed by atoms with Crippen molar-refractivity contribution in [1.82, 2.24) is 0 Å². The molecule has 1 amide bonds. The first kappa shape index (κ1) is 17.0. The molecule has 0 spiro atoms. The van der Waals surface area contributed by atoms with Gasteiger partial charge in [-0.05, 0) is 30.3 Å². The summed E-state index contributed by atoms with van der Waals surface area (Å²) in [7, 11) is 0. The zero-order valence-corrected chi connectivity index (χ0v) is 13.7. The molecule has 0 unspecified atom stereocenters. The van der Waals surface area contributed by atoms with Crippen molar-refractivity contribution >= 4 is 23.5 Å². The standard InChI is InChI=1S/C19H15N3O4/c1-2-9-21(15-5-7-16(8-6-15)22(24)25)12-14-11-18(20-13-23)17-4-3-10-26-19(14)17/h1,3-8,10-11,13H,9,12H2,(H,20,23). The molecule has 130 valence electrons. The van der Waals surface area contributed by atoms with Crippen molar-refractivity contribution in [2.75, 3.05) is 16.8 Å². The van der Waals surface area contributed by atoms with Crippen LogP contribution in [0.3, 0.4) is 0 Å². The lowest BCUT2D eigenvalue weighted by Gasteiger charge is -2.22. The summed E-state index contributed by atoms with van der Waals surface area (Å²) < 4.78 is 5.61. The fraction of sp³-hybridized carbons (Fsp3) is 0.105. The Morgan fingerprint density at radius 3 is 2.73 bits per heavy atom. The number of non-ortho nitro benzene ring substituents is 1. The number of fused-ring (bicyclic) bond motifs is 1. The van der Waals surface area contributed by atoms with E-state index in [1.165, 1.54) is 12.1 Å². The van der Waals surface area contributed by atoms with Gasteiger partial charge in [-0.3, -0.25) is 14.9 Å². The van der Waals surface area contributed by atoms with E-state index in [0.29, 0.717) is 30.9 Å². The number of benzene rings is 1. The number of nitro groups is 1. The fourth-order valence-electron chi connectivity index (χ4n) is 2.80. The molecule has 1 heterocycles. The van der Waals surface area contributed by atoms with Crippen LogP contribution in [0, 0.1) is 22.5 Å². The summed E-state index contributed by atoms with van der Waals surface area (Å²) in [6.45, 7) is 0.736. The number of rotatable bonds is 7. The van der Waals surface area contributed by atoms with Gasteiger partial charge in [0.2, 0.25) is 6.41 Å². The predicted molar refractivity (Wildman–Crippen MR) is 98.0 cm³/mol. The summed E-state index contributed by atoms with van der Waals surface area (Å²) in [5, 5.41) is 13.5. The Morgan fingerprint density at radius 2 is 2.08 bits per heavy atom. The molecule has 1 N–H and O–H groups in total. The molecule has 0 bridgehead atoms. The van der Waals surface area contributed by atoms with E-state index >= 15 is 0 Å². The minimum Gasteiger partial charge on any atom is -0.464 e. The average Bonchev–Trinajstić information content (AvgIpc) is 3.00. The van der Waals surface area contributed by atoms with Crippen LogP contribution in [0.4, 0.5) is 17.1 Å². The zero-order chi connectivity index (χ0) is 18.5. The maximum Gasteiger partial charge on any atom is 0.269 e. The summed E-state index contributed by atoms with van der Waals surface area (Å²) in [5.74, 6) is 3.25. The lowest BCUT2D eigenvalue weighted by molar-refractivity contribution is -0.384. The number of anilines is 2. The van der Waals surface area contributed by atoms with Gasteiger partial charge >= 0.3 is 0 Å². The molecule has 7 heteroatoms. The molecule has 1 aromatic carbocycles. The molecule has 7 nitrogen and oxygen atoms in total. The van der Waals surface area contributed by atoms with Crippen molar-refractivity contribution < 1.29 is 14.1 Å². The number of nitrogens with one attached hydrogen (secondary N) is 1. The zero-order valence-electron chi connectivity index (χ0n) is 13.7. The first-order valence-corrected chi connectivity index (χ1v) is 7.76. The van der Waals surface area contributed by atoms with Crippen LogP contribution in [0.5, 0.6) is 0 Å². The topological polar surface area (TPSA) is 88.6 Å². The summed E-state index contributed by atoms with van der Waals surface area (Å²) in [6, 6.07) is 11.6. The van der Waals surface area contributed by atoms with Crippen molar-refractivity contribution in [2.24, 2.45) is 0 Å². The summed E-state index contributed by atoms with van der Waals surface area (Å²) >= 11 is 0. The molecule has 26 heavy (non-hydrogen) atoms. The molecule has 1 aliphatic heterocycles. The fourth-order valence-corrected chi connectivity index (χ4v) is 2.80. The first-order chi connectivity index (χ1) is 12.6. The molecule has 0 fully saturated rings. The van der Waals surface area contributed by atoms with Gasteiger partial charge in [0.05, 0.1) is 23.4 Å². The van der Waals surface area contributed by atoms with Gasteiger partial charge in [0.25, 0.3) is 5.69 Å². The molecule has 1 aliphatic carbocycles. The Kier molecular flexibility index (Phi) is 4.85. The van der Waals surface area contributed by atoms with E-state index in [4.69, 9.17) is 10.8 Å². The van der Waals surface area contributed by atoms with Crippen LogP contribution in [0.2, 0.25) is 0 Å². The smallest absolute Gasteiger partial charge is 0.269 e. The number of nitro benzene ring substituents is 1. The van der Waals surface area contributed by atoms with Gasteiger partial charge in [0.1, 0.15) is 5.76 Å². The quantitative estimate of drug-likeness (QED) is 0.305. The van der Waals surface area contributed by atoms with Crippen LogP contribution < -0.4 is 10.2 Å². The van der Waals surface area contributed by atoms with Gasteiger partial charge in [0.15, 0.2) is 0 Å². The minimum atomic E-state index is -0.448. The highest BCUT2D eigenvalue weighted by molar-refractivity contribution is 5.88. The van der Waals surface area contributed by atoms with Crippen molar-refractivity contribution in [3.8, 4) is 23.7 Å². The van der Waals surface area contributed by atoms with E-state index in [1.54, 1.807) is 24.5 Å². The number of nitrogens with zero attached hydrogens (tertiary/aromatic N) is 2. The van der Waals surface area contributed by atoms with Crippen LogP contribution in [0.1, 0.15) is 5.56 Å². The van der Waals surface area contributed by atoms with E-state index < -0.39 is 4.92 Å². The maximum absolute atomic E-state index is 10.8. The lowest BCUT2D eigenvalue weighted by Crippen LogP contribution is -2.22. The number of terminal acetylenes is 1. The van der Waals surface area contributed by atoms with Crippen molar-refractivity contribution in [1.29, 1.82) is 0 Å². The van der Waals surface area contributed by atoms with Crippen LogP contribution >= 0.6 is 0 Å². The second-order valence-corrected chi connectivity index (χ2v) is 5.53. The predicted octanol–water partition coefficient (Wildman–Crippen LogP) is 3.50. The highest BCUT2D eigenvalue weighted by Gasteiger charge is 2.20. The molecular weight excluding hydrogens is 334 g/mol. The molecule has 0 saturated heterocycles. The van der Waals surface area contributed by atoms with Gasteiger partial charge in [-0.15, -0.1) is 6.42 Å². The average molecular weight is 349 g/mol. The monoisotopic (exact) mass is 349 g/mol. The number of amides is 1. The van der Waals surface area contributed by atoms with Crippen LogP contribution in [0.15, 0.2) is 53.1 Å². The minimum absolute atomic E-state index is 0.0145. The Hall–Kier alpha value is -3.79. The third kappa shape index (κ3) is 3.35. The van der Waals surface area contributed by atoms with Crippen LogP contribution in [0.25, 0.3) is 11.3 Å². The highest BCUT2D eigenvalue weighted by atomic mass is 16.6. The third-order valence-corrected chi connectivity index (χ3v) is 3.96. The Labute approximate surface area is 149 Å². The Morgan fingerprint density at radius 1 is 1.31 bits per heavy atom. The second-order valence-electron chi connectivity index (χ2n) is 5.53. The largest absolute Gasteiger partial charge is 0.464 e. The lowest BCUT2D eigenvalue weighted by atomic mass is 10.2. The summed E-state index contributed by atoms with van der Waals surface area (Å²) in [5.41, 5.74) is 3.06. The molecule has 1 aromatic rings. The number of hydrogen-bond donors (Lipinski definition) is 1. The van der Waals surface area contributed by atoms with E-state index in [2.05, 4.69) is 11.2 Å². The SMILES string of the molecule is C#CCN(Cc1cc(NC=O)c2cccoc1-2)c1ccc([N+](=O)[O-])cc1. The number of hydrogen-bond acceptors (Lipinski definition) is 5. The van der Waals surface area contributed by atoms with E-state index in [9.17, 15) is 14.9 Å². The van der Waals surface area contributed by atoms with Crippen molar-refractivity contribution in [3.63, 3.8) is 0 Å². The van der Waals surface area contributed by atoms with Crippen molar-refractivity contribution in [2.45, 2.75) is 6.54 Å². The van der Waals surface area contributed by atoms with Gasteiger partial charge in [0, 0.05) is 35.5 Å². The van der Waals surface area contributed by atoms with Gasteiger partial charge in [-0.2, -0.15) is 0 Å². The van der Waals surface area contributed by atoms with Crippen LogP contribution in [-0.4, -0.2) is 17.9 Å². The molecule has 0 aromatic heterocycles. The molecule has 3 rings (SSSR count). The number of carbonyl (C=O) groups excluding carboxylic acids is 1. The van der Waals surface area contributed by atoms with E-state index in [0.717, 1.165) is 16.8 Å². The van der Waals surface area contributed by atoms with Gasteiger partial charge in [-0.1, -0.05) is 5.92 Å². The Balaban J connectivity index is 1.93. The summed E-state index contributed by atoms with van der Waals surface area (Å²) in [6.07, 6.45) is 7.66. The number of carbonyl (C=O) groups is 1. The van der Waals surface area contributed by atoms with Crippen molar-refractivity contribution in [3.05, 3.63) is 64.4 Å². The molecule has 0 radical (unpaired) electrons. The van der Waals surface area contributed by atoms with Crippen LogP contribution in [-0.2, 0) is 11.3 Å². The second kappa shape index (κ2) is 7.40. The molecular formula is C19H15N3O4. The molecule has 2 aliphatic rings. The maximum atomic E-state index is 10.8. The van der Waals surface area contributed by atoms with Gasteiger partial charge in [-0.25, -0.2) is 0 Å². The Bertz CT molecular complexity index is 940. The highest BCUT2D eigenvalue weighted by Crippen LogP contribution is 2.37. The first-order valence-electron chi connectivity index (χ1n) is 7.76.